The largest absolute Gasteiger partial charge is 0.496 e. The van der Waals surface area contributed by atoms with Crippen molar-refractivity contribution in [2.75, 3.05) is 25.1 Å². The van der Waals surface area contributed by atoms with Crippen LogP contribution in [0.4, 0.5) is 10.5 Å². The smallest absolute Gasteiger partial charge is 0.321 e. The van der Waals surface area contributed by atoms with Crippen LogP contribution in [0.25, 0.3) is 11.1 Å². The second kappa shape index (κ2) is 6.73. The van der Waals surface area contributed by atoms with Crippen LogP contribution in [0.5, 0.6) is 5.75 Å². The number of methoxy groups -OCH3 is 1. The van der Waals surface area contributed by atoms with Crippen molar-refractivity contribution in [3.8, 4) is 16.9 Å². The minimum absolute atomic E-state index is 0.241. The van der Waals surface area contributed by atoms with Gasteiger partial charge in [0.15, 0.2) is 0 Å². The van der Waals surface area contributed by atoms with Crippen LogP contribution in [-0.4, -0.2) is 39.2 Å². The van der Waals surface area contributed by atoms with Gasteiger partial charge in [0, 0.05) is 24.2 Å². The van der Waals surface area contributed by atoms with Crippen molar-refractivity contribution in [1.29, 1.82) is 0 Å². The fraction of sp³-hybridized carbons (Fsp3) is 0.235. The molecule has 0 atom stereocenters. The van der Waals surface area contributed by atoms with E-state index in [1.165, 1.54) is 25.3 Å². The highest BCUT2D eigenvalue weighted by atomic mass is 32.2. The molecule has 8 heteroatoms. The van der Waals surface area contributed by atoms with Crippen molar-refractivity contribution < 1.29 is 22.5 Å². The summed E-state index contributed by atoms with van der Waals surface area (Å²) >= 11 is 0. The Kier molecular flexibility index (Phi) is 4.65. The number of anilines is 1. The molecule has 2 aromatic carbocycles. The van der Waals surface area contributed by atoms with Gasteiger partial charge in [-0.3, -0.25) is 9.45 Å². The first-order valence-electron chi connectivity index (χ1n) is 7.72. The average Bonchev–Trinajstić information content (AvgIpc) is 2.61. The summed E-state index contributed by atoms with van der Waals surface area (Å²) in [7, 11) is -2.86. The standard InChI is InChI=1S/C17H18N2O5S/c1-24-16-6-3-2-5-13(16)14-11-12(25(21,22)23)7-8-15(14)19-10-4-9-18-17(19)20/h2-3,5-8,11H,4,9-10H2,1H3,(H,18,20)(H,21,22,23). The van der Waals surface area contributed by atoms with Gasteiger partial charge in [0.25, 0.3) is 10.1 Å². The van der Waals surface area contributed by atoms with Crippen LogP contribution in [0.3, 0.4) is 0 Å². The maximum absolute atomic E-state index is 12.2. The van der Waals surface area contributed by atoms with Gasteiger partial charge in [-0.15, -0.1) is 0 Å². The quantitative estimate of drug-likeness (QED) is 0.815. The zero-order chi connectivity index (χ0) is 18.0. The van der Waals surface area contributed by atoms with Crippen molar-refractivity contribution in [3.05, 3.63) is 42.5 Å². The van der Waals surface area contributed by atoms with Crippen LogP contribution < -0.4 is 15.0 Å². The summed E-state index contributed by atoms with van der Waals surface area (Å²) in [6.07, 6.45) is 0.775. The van der Waals surface area contributed by atoms with Crippen LogP contribution in [0, 0.1) is 0 Å². The second-order valence-corrected chi connectivity index (χ2v) is 7.01. The molecule has 0 bridgehead atoms. The number of urea groups is 1. The van der Waals surface area contributed by atoms with Gasteiger partial charge in [0.1, 0.15) is 5.75 Å². The molecule has 0 radical (unpaired) electrons. The van der Waals surface area contributed by atoms with E-state index in [1.54, 1.807) is 29.2 Å². The van der Waals surface area contributed by atoms with E-state index in [0.717, 1.165) is 6.42 Å². The van der Waals surface area contributed by atoms with Crippen molar-refractivity contribution in [1.82, 2.24) is 5.32 Å². The number of ether oxygens (including phenoxy) is 1. The molecule has 1 heterocycles. The van der Waals surface area contributed by atoms with Gasteiger partial charge >= 0.3 is 6.03 Å². The second-order valence-electron chi connectivity index (χ2n) is 5.59. The van der Waals surface area contributed by atoms with Crippen LogP contribution in [0.15, 0.2) is 47.4 Å². The Morgan fingerprint density at radius 1 is 1.16 bits per heavy atom. The third-order valence-electron chi connectivity index (χ3n) is 4.03. The summed E-state index contributed by atoms with van der Waals surface area (Å²) in [6.45, 7) is 1.11. The number of rotatable bonds is 4. The molecular formula is C17H18N2O5S. The lowest BCUT2D eigenvalue weighted by molar-refractivity contribution is 0.243. The van der Waals surface area contributed by atoms with E-state index in [-0.39, 0.29) is 10.9 Å². The minimum Gasteiger partial charge on any atom is -0.496 e. The highest BCUT2D eigenvalue weighted by Crippen LogP contribution is 2.38. The topological polar surface area (TPSA) is 95.9 Å². The number of benzene rings is 2. The molecule has 0 unspecified atom stereocenters. The molecule has 7 nitrogen and oxygen atoms in total. The van der Waals surface area contributed by atoms with Crippen LogP contribution in [0.2, 0.25) is 0 Å². The summed E-state index contributed by atoms with van der Waals surface area (Å²) in [6, 6.07) is 11.0. The summed E-state index contributed by atoms with van der Waals surface area (Å²) in [5.74, 6) is 0.536. The number of amides is 2. The monoisotopic (exact) mass is 362 g/mol. The zero-order valence-corrected chi connectivity index (χ0v) is 14.4. The molecule has 1 saturated heterocycles. The Morgan fingerprint density at radius 3 is 2.60 bits per heavy atom. The lowest BCUT2D eigenvalue weighted by atomic mass is 10.0. The van der Waals surface area contributed by atoms with Crippen molar-refractivity contribution >= 4 is 21.8 Å². The van der Waals surface area contributed by atoms with Gasteiger partial charge in [-0.2, -0.15) is 8.42 Å². The Bertz CT molecular complexity index is 911. The van der Waals surface area contributed by atoms with Crippen LogP contribution in [0.1, 0.15) is 6.42 Å². The van der Waals surface area contributed by atoms with E-state index >= 15 is 0 Å². The number of nitrogens with one attached hydrogen (secondary N) is 1. The SMILES string of the molecule is COc1ccccc1-c1cc(S(=O)(=O)O)ccc1N1CCCNC1=O. The lowest BCUT2D eigenvalue weighted by Gasteiger charge is -2.29. The number of hydrogen-bond donors (Lipinski definition) is 2. The molecule has 0 saturated carbocycles. The van der Waals surface area contributed by atoms with Crippen LogP contribution in [-0.2, 0) is 10.1 Å². The molecule has 2 amide bonds. The molecule has 2 N–H and O–H groups in total. The number of carbonyl (C=O) groups excluding carboxylic acids is 1. The lowest BCUT2D eigenvalue weighted by Crippen LogP contribution is -2.46. The fourth-order valence-electron chi connectivity index (χ4n) is 2.85. The van der Waals surface area contributed by atoms with Gasteiger partial charge < -0.3 is 10.1 Å². The molecule has 2 aromatic rings. The molecule has 0 aromatic heterocycles. The van der Waals surface area contributed by atoms with Crippen molar-refractivity contribution in [3.63, 3.8) is 0 Å². The van der Waals surface area contributed by atoms with Gasteiger partial charge in [0.05, 0.1) is 17.7 Å². The summed E-state index contributed by atoms with van der Waals surface area (Å²) in [4.78, 5) is 13.5. The molecule has 0 aliphatic carbocycles. The van der Waals surface area contributed by atoms with E-state index in [9.17, 15) is 17.8 Å². The predicted molar refractivity (Wildman–Crippen MR) is 93.6 cm³/mol. The fourth-order valence-corrected chi connectivity index (χ4v) is 3.36. The number of carbonyl (C=O) groups is 1. The highest BCUT2D eigenvalue weighted by molar-refractivity contribution is 7.85. The molecular weight excluding hydrogens is 344 g/mol. The van der Waals surface area contributed by atoms with Gasteiger partial charge in [0.2, 0.25) is 0 Å². The van der Waals surface area contributed by atoms with Crippen molar-refractivity contribution in [2.45, 2.75) is 11.3 Å². The summed E-state index contributed by atoms with van der Waals surface area (Å²) in [5.41, 5.74) is 1.67. The third kappa shape index (κ3) is 3.45. The van der Waals surface area contributed by atoms with E-state index < -0.39 is 10.1 Å². The molecule has 25 heavy (non-hydrogen) atoms. The van der Waals surface area contributed by atoms with E-state index in [0.29, 0.717) is 35.7 Å². The van der Waals surface area contributed by atoms with Gasteiger partial charge in [-0.1, -0.05) is 18.2 Å². The Hall–Kier alpha value is -2.58. The first kappa shape index (κ1) is 17.2. The average molecular weight is 362 g/mol. The minimum atomic E-state index is -4.37. The maximum atomic E-state index is 12.2. The molecule has 1 aliphatic heterocycles. The van der Waals surface area contributed by atoms with Gasteiger partial charge in [-0.25, -0.2) is 4.79 Å². The highest BCUT2D eigenvalue weighted by Gasteiger charge is 2.25. The molecule has 1 aliphatic rings. The summed E-state index contributed by atoms with van der Waals surface area (Å²) in [5, 5.41) is 2.77. The zero-order valence-electron chi connectivity index (χ0n) is 13.6. The van der Waals surface area contributed by atoms with Crippen LogP contribution >= 0.6 is 0 Å². The first-order chi connectivity index (χ1) is 11.9. The third-order valence-corrected chi connectivity index (χ3v) is 4.88. The van der Waals surface area contributed by atoms with E-state index in [1.807, 2.05) is 0 Å². The Morgan fingerprint density at radius 2 is 1.92 bits per heavy atom. The van der Waals surface area contributed by atoms with E-state index in [2.05, 4.69) is 5.32 Å². The first-order valence-corrected chi connectivity index (χ1v) is 9.16. The predicted octanol–water partition coefficient (Wildman–Crippen LogP) is 2.53. The number of hydrogen-bond acceptors (Lipinski definition) is 4. The Labute approximate surface area is 146 Å². The van der Waals surface area contributed by atoms with Gasteiger partial charge in [-0.05, 0) is 30.7 Å². The Balaban J connectivity index is 2.23. The number of nitrogens with zero attached hydrogens (tertiary/aromatic N) is 1. The molecule has 1 fully saturated rings. The maximum Gasteiger partial charge on any atom is 0.321 e. The molecule has 0 spiro atoms. The normalized spacial score (nSPS) is 15.0. The van der Waals surface area contributed by atoms with E-state index in [4.69, 9.17) is 4.74 Å². The molecule has 3 rings (SSSR count). The number of para-hydroxylation sites is 1. The van der Waals surface area contributed by atoms with Crippen molar-refractivity contribution in [2.24, 2.45) is 0 Å². The summed E-state index contributed by atoms with van der Waals surface area (Å²) < 4.78 is 37.9. The molecule has 132 valence electrons.